The Kier molecular flexibility index (Phi) is 9.83. The van der Waals surface area contributed by atoms with Crippen molar-refractivity contribution in [3.63, 3.8) is 0 Å². The number of anilines is 2. The number of ether oxygens (including phenoxy) is 2. The van der Waals surface area contributed by atoms with Gasteiger partial charge in [-0.1, -0.05) is 12.1 Å². The third kappa shape index (κ3) is 7.71. The third-order valence-corrected chi connectivity index (χ3v) is 7.15. The average Bonchev–Trinajstić information content (AvgIpc) is 2.91. The Balaban J connectivity index is 1.54. The molecule has 0 radical (unpaired) electrons. The lowest BCUT2D eigenvalue weighted by molar-refractivity contribution is 0.0416. The predicted octanol–water partition coefficient (Wildman–Crippen LogP) is 2.46. The van der Waals surface area contributed by atoms with Crippen LogP contribution in [-0.4, -0.2) is 71.2 Å². The summed E-state index contributed by atoms with van der Waals surface area (Å²) in [5, 5.41) is 6.18. The summed E-state index contributed by atoms with van der Waals surface area (Å²) in [5.74, 6) is -0.427. The molecule has 1 atom stereocenters. The molecule has 0 fully saturated rings. The van der Waals surface area contributed by atoms with Crippen molar-refractivity contribution in [1.29, 1.82) is 0 Å². The fourth-order valence-corrected chi connectivity index (χ4v) is 4.77. The van der Waals surface area contributed by atoms with E-state index in [4.69, 9.17) is 15.2 Å². The van der Waals surface area contributed by atoms with Gasteiger partial charge in [-0.05, 0) is 54.9 Å². The van der Waals surface area contributed by atoms with Crippen molar-refractivity contribution in [2.45, 2.75) is 17.9 Å². The summed E-state index contributed by atoms with van der Waals surface area (Å²) in [4.78, 5) is 22.3. The van der Waals surface area contributed by atoms with Crippen molar-refractivity contribution in [3.05, 3.63) is 66.0 Å². The maximum atomic E-state index is 13.0. The van der Waals surface area contributed by atoms with Gasteiger partial charge in [-0.25, -0.2) is 9.97 Å². The first kappa shape index (κ1) is 27.0. The maximum absolute atomic E-state index is 13.0. The van der Waals surface area contributed by atoms with Crippen molar-refractivity contribution < 1.29 is 18.8 Å². The molecule has 6 bridgehead atoms. The molecule has 2 aliphatic rings. The van der Waals surface area contributed by atoms with E-state index < -0.39 is 17.3 Å². The normalized spacial score (nSPS) is 19.0. The number of nitrogens with zero attached hydrogens (tertiary/aromatic N) is 3. The molecule has 0 spiro atoms. The number of aromatic nitrogens is 2. The van der Waals surface area contributed by atoms with Gasteiger partial charge in [-0.3, -0.25) is 4.79 Å². The maximum Gasteiger partial charge on any atom is 0.278 e. The van der Waals surface area contributed by atoms with E-state index in [2.05, 4.69) is 20.6 Å². The summed E-state index contributed by atoms with van der Waals surface area (Å²) >= 11 is -1.29. The van der Waals surface area contributed by atoms with Crippen molar-refractivity contribution in [2.24, 2.45) is 0 Å². The van der Waals surface area contributed by atoms with E-state index in [1.54, 1.807) is 18.2 Å². The summed E-state index contributed by atoms with van der Waals surface area (Å²) in [6, 6.07) is 14.6. The Hall–Kier alpha value is -3.06. The Bertz CT molecular complexity index is 1180. The molecule has 0 saturated heterocycles. The van der Waals surface area contributed by atoms with Crippen LogP contribution in [0, 0.1) is 0 Å². The summed E-state index contributed by atoms with van der Waals surface area (Å²) in [5.41, 5.74) is 8.76. The minimum absolute atomic E-state index is 0.0304. The first-order chi connectivity index (χ1) is 18.0. The smallest absolute Gasteiger partial charge is 0.278 e. The number of nitrogens with one attached hydrogen (secondary N) is 2. The van der Waals surface area contributed by atoms with E-state index in [1.165, 1.54) is 6.20 Å². The van der Waals surface area contributed by atoms with Crippen LogP contribution in [0.15, 0.2) is 59.6 Å². The lowest BCUT2D eigenvalue weighted by Crippen LogP contribution is -2.30. The highest BCUT2D eigenvalue weighted by Crippen LogP contribution is 2.23. The third-order valence-electron chi connectivity index (χ3n) is 5.73. The lowest BCUT2D eigenvalue weighted by atomic mass is 10.1. The standard InChI is InChI=1S/C26H32N6O4S/c1-32-12-3-10-28-11-13-35-14-15-36-18-19-4-2-5-21(16-19)30-26(33)24-25(27)29-17-23(31-24)20-6-8-22(9-7-20)37(32)34/h2,4-9,16-17,28H,3,10-15,18H2,1H3,(H2,27,29)(H,30,33). The van der Waals surface area contributed by atoms with Gasteiger partial charge in [-0.15, -0.1) is 4.31 Å². The van der Waals surface area contributed by atoms with Crippen LogP contribution < -0.4 is 16.4 Å². The molecule has 1 unspecified atom stereocenters. The van der Waals surface area contributed by atoms with Crippen LogP contribution in [0.5, 0.6) is 0 Å². The molecule has 2 aromatic carbocycles. The van der Waals surface area contributed by atoms with Crippen LogP contribution in [-0.2, 0) is 27.4 Å². The summed E-state index contributed by atoms with van der Waals surface area (Å²) in [6.07, 6.45) is 2.37. The fourth-order valence-electron chi connectivity index (χ4n) is 3.74. The van der Waals surface area contributed by atoms with Crippen molar-refractivity contribution in [1.82, 2.24) is 19.6 Å². The zero-order valence-electron chi connectivity index (χ0n) is 20.8. The molecule has 2 aliphatic heterocycles. The quantitative estimate of drug-likeness (QED) is 0.299. The number of hydrogen-bond acceptors (Lipinski definition) is 9. The van der Waals surface area contributed by atoms with Gasteiger partial charge in [0.1, 0.15) is 0 Å². The van der Waals surface area contributed by atoms with Crippen molar-refractivity contribution in [2.75, 3.05) is 57.6 Å². The number of nitrogen functional groups attached to an aromatic ring is 1. The van der Waals surface area contributed by atoms with E-state index >= 15 is 0 Å². The minimum Gasteiger partial charge on any atom is -0.593 e. The van der Waals surface area contributed by atoms with Gasteiger partial charge < -0.3 is 30.4 Å². The Labute approximate surface area is 219 Å². The number of nitrogens with two attached hydrogens (primary N) is 1. The number of rotatable bonds is 0. The van der Waals surface area contributed by atoms with Gasteiger partial charge in [0, 0.05) is 31.4 Å². The zero-order valence-corrected chi connectivity index (χ0v) is 21.6. The largest absolute Gasteiger partial charge is 0.593 e. The minimum atomic E-state index is -1.29. The average molecular weight is 525 g/mol. The van der Waals surface area contributed by atoms with Gasteiger partial charge in [-0.2, -0.15) is 0 Å². The van der Waals surface area contributed by atoms with E-state index in [0.717, 1.165) is 30.6 Å². The summed E-state index contributed by atoms with van der Waals surface area (Å²) < 4.78 is 26.0. The second-order valence-electron chi connectivity index (χ2n) is 8.54. The van der Waals surface area contributed by atoms with Crippen molar-refractivity contribution >= 4 is 28.8 Å². The second-order valence-corrected chi connectivity index (χ2v) is 10.1. The fraction of sp³-hybridized carbons (Fsp3) is 0.346. The van der Waals surface area contributed by atoms with Crippen molar-refractivity contribution in [3.8, 4) is 11.3 Å². The van der Waals surface area contributed by atoms with Gasteiger partial charge in [0.25, 0.3) is 5.91 Å². The highest BCUT2D eigenvalue weighted by atomic mass is 32.2. The Morgan fingerprint density at radius 1 is 1.08 bits per heavy atom. The topological polar surface area (TPSA) is 138 Å². The number of fused-ring (bicyclic) bond motifs is 15. The molecule has 0 saturated carbocycles. The molecule has 5 rings (SSSR count). The summed E-state index contributed by atoms with van der Waals surface area (Å²) in [7, 11) is 1.84. The van der Waals surface area contributed by atoms with Crippen LogP contribution in [0.4, 0.5) is 11.5 Å². The molecule has 1 aromatic heterocycles. The molecule has 4 N–H and O–H groups in total. The van der Waals surface area contributed by atoms with Gasteiger partial charge in [0.05, 0.1) is 49.7 Å². The van der Waals surface area contributed by atoms with E-state index in [0.29, 0.717) is 49.2 Å². The van der Waals surface area contributed by atoms with E-state index in [9.17, 15) is 9.35 Å². The molecular weight excluding hydrogens is 492 g/mol. The molecular formula is C26H32N6O4S. The first-order valence-electron chi connectivity index (χ1n) is 12.1. The number of benzene rings is 2. The Morgan fingerprint density at radius 2 is 1.89 bits per heavy atom. The van der Waals surface area contributed by atoms with E-state index in [-0.39, 0.29) is 11.5 Å². The monoisotopic (exact) mass is 524 g/mol. The molecule has 37 heavy (non-hydrogen) atoms. The number of hydrogen-bond donors (Lipinski definition) is 3. The highest BCUT2D eigenvalue weighted by molar-refractivity contribution is 7.89. The number of amides is 1. The highest BCUT2D eigenvalue weighted by Gasteiger charge is 2.19. The predicted molar refractivity (Wildman–Crippen MR) is 143 cm³/mol. The molecule has 3 heterocycles. The molecule has 3 aromatic rings. The lowest BCUT2D eigenvalue weighted by Gasteiger charge is -2.20. The van der Waals surface area contributed by atoms with Crippen LogP contribution in [0.3, 0.4) is 0 Å². The molecule has 10 nitrogen and oxygen atoms in total. The first-order valence-corrected chi connectivity index (χ1v) is 13.2. The number of carbonyl (C=O) groups is 1. The van der Waals surface area contributed by atoms with Gasteiger partial charge in [0.2, 0.25) is 0 Å². The van der Waals surface area contributed by atoms with Gasteiger partial charge >= 0.3 is 0 Å². The Morgan fingerprint density at radius 3 is 2.73 bits per heavy atom. The van der Waals surface area contributed by atoms with Crippen LogP contribution in [0.1, 0.15) is 22.5 Å². The zero-order chi connectivity index (χ0) is 26.0. The molecule has 1 amide bonds. The second kappa shape index (κ2) is 13.5. The van der Waals surface area contributed by atoms with Crippen LogP contribution >= 0.6 is 0 Å². The molecule has 196 valence electrons. The number of carbonyl (C=O) groups excluding carboxylic acids is 1. The molecule has 0 aliphatic carbocycles. The summed E-state index contributed by atoms with van der Waals surface area (Å²) in [6.45, 7) is 4.17. The molecule has 11 heteroatoms. The SMILES string of the molecule is CN1CCCNCCOCCOCc2cccc(c2)NC(=O)c2nc(cnc2N)-c2ccc(cc2)[S+]1[O-]. The van der Waals surface area contributed by atoms with Gasteiger partial charge in [0.15, 0.2) is 16.4 Å². The van der Waals surface area contributed by atoms with Crippen LogP contribution in [0.25, 0.3) is 11.3 Å². The van der Waals surface area contributed by atoms with E-state index in [1.807, 2.05) is 41.7 Å². The van der Waals surface area contributed by atoms with Crippen LogP contribution in [0.2, 0.25) is 0 Å².